The summed E-state index contributed by atoms with van der Waals surface area (Å²) in [6.45, 7) is 16.3. The van der Waals surface area contributed by atoms with Gasteiger partial charge in [-0.15, -0.1) is 0 Å². The minimum Gasteiger partial charge on any atom is -0.456 e. The SMILES string of the molecule is CCCCN(CCCC)CCCNC(=O)c1ccc2oc3ccc(C(=O)NCCCN(CCCC)CCCC)cc3c(=O)c2c1. The minimum atomic E-state index is -0.250. The third-order valence-corrected chi connectivity index (χ3v) is 8.38. The monoisotopic (exact) mass is 620 g/mol. The molecule has 8 heteroatoms. The molecule has 0 fully saturated rings. The Morgan fingerprint density at radius 1 is 0.578 bits per heavy atom. The molecule has 2 amide bonds. The number of amides is 2. The Morgan fingerprint density at radius 3 is 1.29 bits per heavy atom. The Morgan fingerprint density at radius 2 is 0.933 bits per heavy atom. The molecule has 3 aromatic rings. The highest BCUT2D eigenvalue weighted by molar-refractivity contribution is 6.01. The van der Waals surface area contributed by atoms with Crippen LogP contribution in [0, 0.1) is 0 Å². The lowest BCUT2D eigenvalue weighted by Crippen LogP contribution is -2.31. The van der Waals surface area contributed by atoms with Crippen molar-refractivity contribution in [2.75, 3.05) is 52.4 Å². The van der Waals surface area contributed by atoms with E-state index in [9.17, 15) is 14.4 Å². The molecule has 2 N–H and O–H groups in total. The van der Waals surface area contributed by atoms with Crippen molar-refractivity contribution in [2.24, 2.45) is 0 Å². The lowest BCUT2D eigenvalue weighted by Gasteiger charge is -2.21. The summed E-state index contributed by atoms with van der Waals surface area (Å²) in [4.78, 5) is 44.4. The number of hydrogen-bond acceptors (Lipinski definition) is 6. The standard InChI is InChI=1S/C37H56N4O4/c1-5-9-21-40(22-10-6-2)25-13-19-38-36(43)29-15-17-33-31(27-29)35(42)32-28-30(16-18-34(32)45-33)37(44)39-20-14-26-41(23-11-7-3)24-12-8-4/h15-18,27-28H,5-14,19-26H2,1-4H3,(H,38,43)(H,39,44). The van der Waals surface area contributed by atoms with E-state index >= 15 is 0 Å². The molecular formula is C37H56N4O4. The molecular weight excluding hydrogens is 564 g/mol. The highest BCUT2D eigenvalue weighted by Crippen LogP contribution is 2.21. The van der Waals surface area contributed by atoms with Crippen LogP contribution in [-0.4, -0.2) is 74.0 Å². The summed E-state index contributed by atoms with van der Waals surface area (Å²) in [6.07, 6.45) is 11.2. The molecule has 45 heavy (non-hydrogen) atoms. The third-order valence-electron chi connectivity index (χ3n) is 8.38. The Hall–Kier alpha value is -3.23. The van der Waals surface area contributed by atoms with Crippen molar-refractivity contribution in [3.63, 3.8) is 0 Å². The number of rotatable bonds is 22. The van der Waals surface area contributed by atoms with Gasteiger partial charge in [-0.2, -0.15) is 0 Å². The van der Waals surface area contributed by atoms with Crippen molar-refractivity contribution < 1.29 is 14.0 Å². The average molecular weight is 621 g/mol. The van der Waals surface area contributed by atoms with Gasteiger partial charge in [0.2, 0.25) is 5.43 Å². The van der Waals surface area contributed by atoms with Gasteiger partial charge in [0.05, 0.1) is 10.8 Å². The summed E-state index contributed by atoms with van der Waals surface area (Å²) in [5.41, 5.74) is 1.42. The third kappa shape index (κ3) is 11.6. The number of fused-ring (bicyclic) bond motifs is 2. The second kappa shape index (κ2) is 20.0. The molecule has 8 nitrogen and oxygen atoms in total. The van der Waals surface area contributed by atoms with Gasteiger partial charge in [-0.25, -0.2) is 0 Å². The number of benzene rings is 2. The van der Waals surface area contributed by atoms with E-state index in [4.69, 9.17) is 4.42 Å². The normalized spacial score (nSPS) is 11.6. The van der Waals surface area contributed by atoms with Crippen molar-refractivity contribution in [3.05, 3.63) is 57.7 Å². The van der Waals surface area contributed by atoms with Crippen LogP contribution < -0.4 is 16.1 Å². The molecule has 0 aliphatic carbocycles. The lowest BCUT2D eigenvalue weighted by atomic mass is 10.1. The summed E-state index contributed by atoms with van der Waals surface area (Å²) in [5, 5.41) is 6.68. The number of nitrogens with one attached hydrogen (secondary N) is 2. The second-order valence-corrected chi connectivity index (χ2v) is 12.2. The maximum atomic E-state index is 13.5. The molecule has 0 aliphatic heterocycles. The number of hydrogen-bond donors (Lipinski definition) is 2. The quantitative estimate of drug-likeness (QED) is 0.0929. The topological polar surface area (TPSA) is 94.9 Å². The summed E-state index contributed by atoms with van der Waals surface area (Å²) in [6, 6.07) is 9.92. The van der Waals surface area contributed by atoms with Gasteiger partial charge in [-0.3, -0.25) is 14.4 Å². The number of nitrogens with zero attached hydrogens (tertiary/aromatic N) is 2. The first-order valence-electron chi connectivity index (χ1n) is 17.4. The summed E-state index contributed by atoms with van der Waals surface area (Å²) in [5.74, 6) is -0.415. The van der Waals surface area contributed by atoms with Crippen LogP contribution in [0.25, 0.3) is 21.9 Å². The fourth-order valence-corrected chi connectivity index (χ4v) is 5.55. The zero-order chi connectivity index (χ0) is 32.4. The molecule has 2 aromatic carbocycles. The Bertz CT molecular complexity index is 1290. The number of unbranched alkanes of at least 4 members (excludes halogenated alkanes) is 4. The molecule has 0 atom stereocenters. The van der Waals surface area contributed by atoms with Crippen LogP contribution in [0.3, 0.4) is 0 Å². The Labute approximate surface area is 269 Å². The van der Waals surface area contributed by atoms with E-state index in [1.165, 1.54) is 51.4 Å². The predicted octanol–water partition coefficient (Wildman–Crippen LogP) is 6.99. The molecule has 0 saturated heterocycles. The van der Waals surface area contributed by atoms with E-state index in [0.29, 0.717) is 46.2 Å². The van der Waals surface area contributed by atoms with Crippen molar-refractivity contribution in [1.82, 2.24) is 20.4 Å². The van der Waals surface area contributed by atoms with E-state index in [1.54, 1.807) is 36.4 Å². The number of carbonyl (C=O) groups excluding carboxylic acids is 2. The largest absolute Gasteiger partial charge is 0.456 e. The summed E-state index contributed by atoms with van der Waals surface area (Å²) in [7, 11) is 0. The molecule has 0 spiro atoms. The predicted molar refractivity (Wildman–Crippen MR) is 186 cm³/mol. The van der Waals surface area contributed by atoms with Crippen LogP contribution in [0.4, 0.5) is 0 Å². The molecule has 0 aliphatic rings. The number of carbonyl (C=O) groups is 2. The first-order valence-corrected chi connectivity index (χ1v) is 17.4. The van der Waals surface area contributed by atoms with E-state index < -0.39 is 0 Å². The van der Waals surface area contributed by atoms with Gasteiger partial charge in [0.1, 0.15) is 11.2 Å². The van der Waals surface area contributed by atoms with Crippen LogP contribution in [0.5, 0.6) is 0 Å². The van der Waals surface area contributed by atoms with E-state index in [1.807, 2.05) is 0 Å². The fraction of sp³-hybridized carbons (Fsp3) is 0.595. The van der Waals surface area contributed by atoms with Crippen LogP contribution in [0.1, 0.15) is 113 Å². The Balaban J connectivity index is 1.62. The summed E-state index contributed by atoms with van der Waals surface area (Å²) < 4.78 is 6.00. The average Bonchev–Trinajstić information content (AvgIpc) is 3.06. The maximum Gasteiger partial charge on any atom is 0.251 e. The van der Waals surface area contributed by atoms with Crippen molar-refractivity contribution >= 4 is 33.8 Å². The minimum absolute atomic E-state index is 0.207. The van der Waals surface area contributed by atoms with E-state index in [-0.39, 0.29) is 17.2 Å². The van der Waals surface area contributed by atoms with Crippen molar-refractivity contribution in [1.29, 1.82) is 0 Å². The van der Waals surface area contributed by atoms with Crippen LogP contribution in [0.15, 0.2) is 45.6 Å². The van der Waals surface area contributed by atoms with Crippen LogP contribution in [-0.2, 0) is 0 Å². The highest BCUT2D eigenvalue weighted by atomic mass is 16.3. The molecule has 3 rings (SSSR count). The molecule has 0 saturated carbocycles. The van der Waals surface area contributed by atoms with Gasteiger partial charge < -0.3 is 24.9 Å². The zero-order valence-corrected chi connectivity index (χ0v) is 28.2. The van der Waals surface area contributed by atoms with Gasteiger partial charge in [0.15, 0.2) is 0 Å². The van der Waals surface area contributed by atoms with E-state index in [0.717, 1.165) is 52.1 Å². The van der Waals surface area contributed by atoms with Gasteiger partial charge in [-0.1, -0.05) is 53.4 Å². The second-order valence-electron chi connectivity index (χ2n) is 12.2. The molecule has 1 aromatic heterocycles. The van der Waals surface area contributed by atoms with Crippen molar-refractivity contribution in [2.45, 2.75) is 91.9 Å². The maximum absolute atomic E-state index is 13.5. The molecule has 0 bridgehead atoms. The van der Waals surface area contributed by atoms with Gasteiger partial charge >= 0.3 is 0 Å². The molecule has 0 radical (unpaired) electrons. The lowest BCUT2D eigenvalue weighted by molar-refractivity contribution is 0.0943. The Kier molecular flexibility index (Phi) is 16.1. The molecule has 248 valence electrons. The molecule has 1 heterocycles. The first kappa shape index (κ1) is 36.2. The van der Waals surface area contributed by atoms with Gasteiger partial charge in [-0.05, 0) is 114 Å². The smallest absolute Gasteiger partial charge is 0.251 e. The van der Waals surface area contributed by atoms with Crippen LogP contribution >= 0.6 is 0 Å². The first-order chi connectivity index (χ1) is 21.9. The molecule has 0 unspecified atom stereocenters. The fourth-order valence-electron chi connectivity index (χ4n) is 5.55. The highest BCUT2D eigenvalue weighted by Gasteiger charge is 2.15. The van der Waals surface area contributed by atoms with Gasteiger partial charge in [0.25, 0.3) is 11.8 Å². The van der Waals surface area contributed by atoms with Gasteiger partial charge in [0, 0.05) is 24.2 Å². The van der Waals surface area contributed by atoms with Crippen molar-refractivity contribution in [3.8, 4) is 0 Å². The van der Waals surface area contributed by atoms with Crippen LogP contribution in [0.2, 0.25) is 0 Å². The van der Waals surface area contributed by atoms with E-state index in [2.05, 4.69) is 48.1 Å². The zero-order valence-electron chi connectivity index (χ0n) is 28.2. The summed E-state index contributed by atoms with van der Waals surface area (Å²) >= 11 is 0.